The van der Waals surface area contributed by atoms with Crippen molar-refractivity contribution < 1.29 is 0 Å². The SMILES string of the molecule is Cn1c(CCN)nnc1SCCn1cc(Cl)cn1. The molecule has 98 valence electrons. The minimum absolute atomic E-state index is 0.586. The Labute approximate surface area is 115 Å². The fourth-order valence-corrected chi connectivity index (χ4v) is 2.52. The van der Waals surface area contributed by atoms with Crippen molar-refractivity contribution in [2.45, 2.75) is 18.1 Å². The number of thioether (sulfide) groups is 1. The van der Waals surface area contributed by atoms with E-state index in [9.17, 15) is 0 Å². The van der Waals surface area contributed by atoms with Gasteiger partial charge in [0.25, 0.3) is 0 Å². The van der Waals surface area contributed by atoms with Gasteiger partial charge in [0, 0.05) is 25.4 Å². The molecule has 0 radical (unpaired) electrons. The third-order valence-corrected chi connectivity index (χ3v) is 3.64. The minimum Gasteiger partial charge on any atom is -0.330 e. The molecule has 2 heterocycles. The number of aryl methyl sites for hydroxylation is 1. The first kappa shape index (κ1) is 13.4. The third kappa shape index (κ3) is 3.24. The molecule has 0 saturated heterocycles. The summed E-state index contributed by atoms with van der Waals surface area (Å²) in [5.41, 5.74) is 5.51. The second-order valence-electron chi connectivity index (χ2n) is 3.77. The van der Waals surface area contributed by atoms with Crippen molar-refractivity contribution in [3.05, 3.63) is 23.2 Å². The largest absolute Gasteiger partial charge is 0.330 e. The normalized spacial score (nSPS) is 11.1. The maximum absolute atomic E-state index is 5.79. The lowest BCUT2D eigenvalue weighted by Crippen LogP contribution is -2.08. The van der Waals surface area contributed by atoms with Gasteiger partial charge in [-0.25, -0.2) is 0 Å². The summed E-state index contributed by atoms with van der Waals surface area (Å²) < 4.78 is 3.79. The molecule has 0 amide bonds. The van der Waals surface area contributed by atoms with E-state index in [0.29, 0.717) is 11.6 Å². The molecule has 8 heteroatoms. The van der Waals surface area contributed by atoms with Crippen molar-refractivity contribution in [1.29, 1.82) is 0 Å². The Morgan fingerprint density at radius 2 is 2.28 bits per heavy atom. The van der Waals surface area contributed by atoms with Gasteiger partial charge in [0.05, 0.1) is 17.8 Å². The van der Waals surface area contributed by atoms with E-state index < -0.39 is 0 Å². The number of rotatable bonds is 6. The van der Waals surface area contributed by atoms with Crippen LogP contribution in [0.2, 0.25) is 5.02 Å². The van der Waals surface area contributed by atoms with Crippen molar-refractivity contribution in [1.82, 2.24) is 24.5 Å². The molecule has 2 rings (SSSR count). The standard InChI is InChI=1S/C10H15ClN6S/c1-16-9(2-3-12)14-15-10(16)18-5-4-17-7-8(11)6-13-17/h6-7H,2-5,12H2,1H3. The van der Waals surface area contributed by atoms with E-state index >= 15 is 0 Å². The molecule has 0 aromatic carbocycles. The van der Waals surface area contributed by atoms with Crippen LogP contribution in [0.3, 0.4) is 0 Å². The first-order chi connectivity index (χ1) is 8.70. The van der Waals surface area contributed by atoms with Crippen LogP contribution in [0.25, 0.3) is 0 Å². The smallest absolute Gasteiger partial charge is 0.191 e. The summed E-state index contributed by atoms with van der Waals surface area (Å²) >= 11 is 7.43. The summed E-state index contributed by atoms with van der Waals surface area (Å²) in [6, 6.07) is 0. The zero-order valence-corrected chi connectivity index (χ0v) is 11.7. The summed E-state index contributed by atoms with van der Waals surface area (Å²) in [6.45, 7) is 1.37. The summed E-state index contributed by atoms with van der Waals surface area (Å²) in [5.74, 6) is 1.79. The molecule has 2 N–H and O–H groups in total. The van der Waals surface area contributed by atoms with E-state index in [-0.39, 0.29) is 0 Å². The summed E-state index contributed by atoms with van der Waals surface area (Å²) in [4.78, 5) is 0. The first-order valence-electron chi connectivity index (χ1n) is 5.60. The molecular formula is C10H15ClN6S. The van der Waals surface area contributed by atoms with Gasteiger partial charge >= 0.3 is 0 Å². The maximum atomic E-state index is 5.79. The monoisotopic (exact) mass is 286 g/mol. The van der Waals surface area contributed by atoms with Gasteiger partial charge in [-0.3, -0.25) is 4.68 Å². The van der Waals surface area contributed by atoms with E-state index in [1.165, 1.54) is 0 Å². The van der Waals surface area contributed by atoms with Gasteiger partial charge in [-0.05, 0) is 6.54 Å². The van der Waals surface area contributed by atoms with E-state index in [0.717, 1.165) is 29.7 Å². The lowest BCUT2D eigenvalue weighted by molar-refractivity contribution is 0.663. The van der Waals surface area contributed by atoms with Crippen LogP contribution >= 0.6 is 23.4 Å². The zero-order valence-electron chi connectivity index (χ0n) is 10.1. The van der Waals surface area contributed by atoms with Crippen LogP contribution in [0, 0.1) is 0 Å². The molecule has 2 aromatic heterocycles. The molecule has 0 bridgehead atoms. The molecule has 0 aliphatic heterocycles. The second-order valence-corrected chi connectivity index (χ2v) is 5.27. The van der Waals surface area contributed by atoms with Crippen molar-refractivity contribution in [2.24, 2.45) is 12.8 Å². The van der Waals surface area contributed by atoms with Crippen LogP contribution < -0.4 is 5.73 Å². The second kappa shape index (κ2) is 6.21. The predicted octanol–water partition coefficient (Wildman–Crippen LogP) is 0.958. The number of nitrogens with two attached hydrogens (primary N) is 1. The van der Waals surface area contributed by atoms with E-state index in [1.54, 1.807) is 24.2 Å². The first-order valence-corrected chi connectivity index (χ1v) is 6.96. The summed E-state index contributed by atoms with van der Waals surface area (Å²) in [6.07, 6.45) is 4.19. The average molecular weight is 287 g/mol. The van der Waals surface area contributed by atoms with E-state index in [1.807, 2.05) is 16.3 Å². The van der Waals surface area contributed by atoms with Crippen LogP contribution in [0.5, 0.6) is 0 Å². The molecule has 0 fully saturated rings. The zero-order chi connectivity index (χ0) is 13.0. The Bertz CT molecular complexity index is 508. The molecular weight excluding hydrogens is 272 g/mol. The number of nitrogens with zero attached hydrogens (tertiary/aromatic N) is 5. The fourth-order valence-electron chi connectivity index (χ4n) is 1.51. The maximum Gasteiger partial charge on any atom is 0.191 e. The van der Waals surface area contributed by atoms with Gasteiger partial charge in [-0.1, -0.05) is 23.4 Å². The van der Waals surface area contributed by atoms with E-state index in [4.69, 9.17) is 17.3 Å². The molecule has 0 saturated carbocycles. The Balaban J connectivity index is 1.86. The average Bonchev–Trinajstić information content (AvgIpc) is 2.90. The molecule has 0 aliphatic carbocycles. The van der Waals surface area contributed by atoms with Gasteiger partial charge in [-0.15, -0.1) is 10.2 Å². The summed E-state index contributed by atoms with van der Waals surface area (Å²) in [5, 5.41) is 13.9. The van der Waals surface area contributed by atoms with Gasteiger partial charge in [0.15, 0.2) is 5.16 Å². The number of halogens is 1. The highest BCUT2D eigenvalue weighted by Gasteiger charge is 2.08. The predicted molar refractivity (Wildman–Crippen MR) is 71.7 cm³/mol. The minimum atomic E-state index is 0.586. The molecule has 0 spiro atoms. The molecule has 2 aromatic rings. The highest BCUT2D eigenvalue weighted by Crippen LogP contribution is 2.16. The fraction of sp³-hybridized carbons (Fsp3) is 0.500. The van der Waals surface area contributed by atoms with Gasteiger partial charge < -0.3 is 10.3 Å². The molecule has 18 heavy (non-hydrogen) atoms. The van der Waals surface area contributed by atoms with Crippen LogP contribution in [0.1, 0.15) is 5.82 Å². The lowest BCUT2D eigenvalue weighted by atomic mass is 10.4. The van der Waals surface area contributed by atoms with Crippen molar-refractivity contribution in [3.63, 3.8) is 0 Å². The van der Waals surface area contributed by atoms with Crippen LogP contribution in [-0.4, -0.2) is 36.8 Å². The Hall–Kier alpha value is -1.05. The Morgan fingerprint density at radius 1 is 1.44 bits per heavy atom. The quantitative estimate of drug-likeness (QED) is 0.801. The van der Waals surface area contributed by atoms with E-state index in [2.05, 4.69) is 15.3 Å². The number of hydrogen-bond donors (Lipinski definition) is 1. The topological polar surface area (TPSA) is 74.6 Å². The highest BCUT2D eigenvalue weighted by atomic mass is 35.5. The molecule has 0 atom stereocenters. The molecule has 6 nitrogen and oxygen atoms in total. The van der Waals surface area contributed by atoms with Crippen molar-refractivity contribution in [2.75, 3.05) is 12.3 Å². The van der Waals surface area contributed by atoms with Gasteiger partial charge in [0.2, 0.25) is 0 Å². The summed E-state index contributed by atoms with van der Waals surface area (Å²) in [7, 11) is 1.96. The van der Waals surface area contributed by atoms with Crippen LogP contribution in [-0.2, 0) is 20.0 Å². The van der Waals surface area contributed by atoms with Crippen molar-refractivity contribution >= 4 is 23.4 Å². The van der Waals surface area contributed by atoms with Crippen LogP contribution in [0.4, 0.5) is 0 Å². The lowest BCUT2D eigenvalue weighted by Gasteiger charge is -2.03. The Kier molecular flexibility index (Phi) is 4.62. The Morgan fingerprint density at radius 3 is 2.94 bits per heavy atom. The van der Waals surface area contributed by atoms with Gasteiger partial charge in [0.1, 0.15) is 5.82 Å². The number of aromatic nitrogens is 5. The van der Waals surface area contributed by atoms with Crippen molar-refractivity contribution in [3.8, 4) is 0 Å². The molecule has 0 unspecified atom stereocenters. The van der Waals surface area contributed by atoms with Gasteiger partial charge in [-0.2, -0.15) is 5.10 Å². The van der Waals surface area contributed by atoms with Crippen LogP contribution in [0.15, 0.2) is 17.6 Å². The highest BCUT2D eigenvalue weighted by molar-refractivity contribution is 7.99. The third-order valence-electron chi connectivity index (χ3n) is 2.45. The molecule has 0 aliphatic rings. The number of hydrogen-bond acceptors (Lipinski definition) is 5.